The molecule has 0 atom stereocenters. The summed E-state index contributed by atoms with van der Waals surface area (Å²) in [5.74, 6) is -0.930. The lowest BCUT2D eigenvalue weighted by Crippen LogP contribution is -1.99. The number of halogens is 1. The van der Waals surface area contributed by atoms with Crippen LogP contribution in [-0.4, -0.2) is 11.1 Å². The SMILES string of the molecule is O=C(O)c1cc2ccsc2c(I)c1S. The monoisotopic (exact) mass is 336 g/mol. The first-order chi connectivity index (χ1) is 6.61. The molecule has 0 radical (unpaired) electrons. The summed E-state index contributed by atoms with van der Waals surface area (Å²) in [5, 5.41) is 11.9. The van der Waals surface area contributed by atoms with Crippen LogP contribution in [0.5, 0.6) is 0 Å². The molecule has 0 spiro atoms. The second kappa shape index (κ2) is 3.71. The van der Waals surface area contributed by atoms with Crippen molar-refractivity contribution in [2.45, 2.75) is 4.90 Å². The normalized spacial score (nSPS) is 10.7. The summed E-state index contributed by atoms with van der Waals surface area (Å²) >= 11 is 7.95. The molecule has 1 aromatic carbocycles. The predicted molar refractivity (Wildman–Crippen MR) is 68.8 cm³/mol. The molecule has 1 heterocycles. The van der Waals surface area contributed by atoms with Crippen LogP contribution in [0.25, 0.3) is 10.1 Å². The third-order valence-corrected chi connectivity index (χ3v) is 5.17. The predicted octanol–water partition coefficient (Wildman–Crippen LogP) is 3.49. The first-order valence-corrected chi connectivity index (χ1v) is 6.14. The number of carboxylic acid groups (broad SMARTS) is 1. The molecule has 1 N–H and O–H groups in total. The third-order valence-electron chi connectivity index (χ3n) is 1.89. The fourth-order valence-corrected chi connectivity index (χ4v) is 3.37. The summed E-state index contributed by atoms with van der Waals surface area (Å²) in [7, 11) is 0. The summed E-state index contributed by atoms with van der Waals surface area (Å²) in [6, 6.07) is 3.58. The highest BCUT2D eigenvalue weighted by Gasteiger charge is 2.14. The van der Waals surface area contributed by atoms with E-state index in [0.29, 0.717) is 4.90 Å². The van der Waals surface area contributed by atoms with Crippen LogP contribution in [0, 0.1) is 3.57 Å². The van der Waals surface area contributed by atoms with Crippen molar-refractivity contribution in [2.24, 2.45) is 0 Å². The minimum absolute atomic E-state index is 0.267. The molecule has 0 amide bonds. The van der Waals surface area contributed by atoms with Crippen molar-refractivity contribution in [1.82, 2.24) is 0 Å². The van der Waals surface area contributed by atoms with Gasteiger partial charge in [-0.3, -0.25) is 0 Å². The van der Waals surface area contributed by atoms with Crippen molar-refractivity contribution < 1.29 is 9.90 Å². The molecule has 1 aromatic heterocycles. The first-order valence-electron chi connectivity index (χ1n) is 3.73. The van der Waals surface area contributed by atoms with E-state index >= 15 is 0 Å². The Morgan fingerprint density at radius 2 is 2.29 bits per heavy atom. The van der Waals surface area contributed by atoms with Crippen molar-refractivity contribution in [3.63, 3.8) is 0 Å². The van der Waals surface area contributed by atoms with E-state index in [2.05, 4.69) is 35.2 Å². The number of fused-ring (bicyclic) bond motifs is 1. The molecule has 72 valence electrons. The maximum atomic E-state index is 10.9. The summed E-state index contributed by atoms with van der Waals surface area (Å²) in [4.78, 5) is 11.4. The molecule has 0 saturated carbocycles. The van der Waals surface area contributed by atoms with Gasteiger partial charge >= 0.3 is 5.97 Å². The number of aromatic carboxylic acids is 1. The van der Waals surface area contributed by atoms with E-state index in [-0.39, 0.29) is 5.56 Å². The highest BCUT2D eigenvalue weighted by Crippen LogP contribution is 2.33. The fourth-order valence-electron chi connectivity index (χ4n) is 1.22. The number of thiol groups is 1. The minimum atomic E-state index is -0.930. The highest BCUT2D eigenvalue weighted by atomic mass is 127. The largest absolute Gasteiger partial charge is 0.478 e. The van der Waals surface area contributed by atoms with Gasteiger partial charge in [-0.05, 0) is 45.5 Å². The lowest BCUT2D eigenvalue weighted by molar-refractivity contribution is 0.0693. The lowest BCUT2D eigenvalue weighted by Gasteiger charge is -2.03. The zero-order chi connectivity index (χ0) is 10.3. The number of hydrogen-bond acceptors (Lipinski definition) is 3. The molecule has 14 heavy (non-hydrogen) atoms. The summed E-state index contributed by atoms with van der Waals surface area (Å²) in [6.07, 6.45) is 0. The summed E-state index contributed by atoms with van der Waals surface area (Å²) in [6.45, 7) is 0. The van der Waals surface area contributed by atoms with E-state index in [9.17, 15) is 4.79 Å². The number of carbonyl (C=O) groups is 1. The van der Waals surface area contributed by atoms with Crippen LogP contribution in [0.2, 0.25) is 0 Å². The second-order valence-corrected chi connectivity index (χ2v) is 5.17. The van der Waals surface area contributed by atoms with Crippen LogP contribution in [0.1, 0.15) is 10.4 Å². The molecule has 0 aliphatic rings. The maximum Gasteiger partial charge on any atom is 0.336 e. The molecule has 0 unspecified atom stereocenters. The molecule has 2 nitrogen and oxygen atoms in total. The maximum absolute atomic E-state index is 10.9. The number of thiophene rings is 1. The Kier molecular flexibility index (Phi) is 2.72. The number of carboxylic acids is 1. The van der Waals surface area contributed by atoms with Crippen molar-refractivity contribution in [2.75, 3.05) is 0 Å². The average Bonchev–Trinajstić information content (AvgIpc) is 2.58. The van der Waals surface area contributed by atoms with Crippen molar-refractivity contribution in [3.8, 4) is 0 Å². The summed E-state index contributed by atoms with van der Waals surface area (Å²) in [5.41, 5.74) is 0.267. The minimum Gasteiger partial charge on any atom is -0.478 e. The van der Waals surface area contributed by atoms with E-state index in [1.54, 1.807) is 17.4 Å². The van der Waals surface area contributed by atoms with E-state index in [0.717, 1.165) is 13.7 Å². The Bertz CT molecular complexity index is 519. The molecule has 0 bridgehead atoms. The van der Waals surface area contributed by atoms with Gasteiger partial charge in [0.2, 0.25) is 0 Å². The van der Waals surface area contributed by atoms with Gasteiger partial charge in [0.1, 0.15) is 0 Å². The van der Waals surface area contributed by atoms with Crippen LogP contribution in [0.3, 0.4) is 0 Å². The lowest BCUT2D eigenvalue weighted by atomic mass is 10.2. The molecular weight excluding hydrogens is 331 g/mol. The van der Waals surface area contributed by atoms with Gasteiger partial charge in [0.05, 0.1) is 5.56 Å². The van der Waals surface area contributed by atoms with Gasteiger partial charge in [0.25, 0.3) is 0 Å². The Morgan fingerprint density at radius 1 is 1.57 bits per heavy atom. The number of rotatable bonds is 1. The van der Waals surface area contributed by atoms with E-state index in [4.69, 9.17) is 5.11 Å². The van der Waals surface area contributed by atoms with Crippen LogP contribution in [0.4, 0.5) is 0 Å². The molecule has 0 aliphatic heterocycles. The zero-order valence-electron chi connectivity index (χ0n) is 6.82. The third kappa shape index (κ3) is 1.53. The van der Waals surface area contributed by atoms with Gasteiger partial charge in [-0.1, -0.05) is 0 Å². The van der Waals surface area contributed by atoms with Crippen molar-refractivity contribution >= 4 is 62.6 Å². The van der Waals surface area contributed by atoms with Crippen LogP contribution in [-0.2, 0) is 0 Å². The van der Waals surface area contributed by atoms with Gasteiger partial charge in [-0.15, -0.1) is 24.0 Å². The number of hydrogen-bond donors (Lipinski definition) is 2. The van der Waals surface area contributed by atoms with Gasteiger partial charge in [0.15, 0.2) is 0 Å². The van der Waals surface area contributed by atoms with Gasteiger partial charge < -0.3 is 5.11 Å². The Balaban J connectivity index is 2.87. The molecule has 2 aromatic rings. The van der Waals surface area contributed by atoms with Crippen molar-refractivity contribution in [3.05, 3.63) is 26.6 Å². The molecule has 2 rings (SSSR count). The number of benzene rings is 1. The average molecular weight is 336 g/mol. The summed E-state index contributed by atoms with van der Waals surface area (Å²) < 4.78 is 2.01. The van der Waals surface area contributed by atoms with Crippen LogP contribution >= 0.6 is 46.6 Å². The topological polar surface area (TPSA) is 37.3 Å². The molecular formula is C9H5IO2S2. The fraction of sp³-hybridized carbons (Fsp3) is 0. The van der Waals surface area contributed by atoms with Gasteiger partial charge in [0, 0.05) is 13.2 Å². The first kappa shape index (κ1) is 10.3. The standard InChI is InChI=1S/C9H5IO2S2/c10-6-7(13)5(9(11)12)3-4-1-2-14-8(4)6/h1-3,13H,(H,11,12). The van der Waals surface area contributed by atoms with E-state index < -0.39 is 5.97 Å². The van der Waals surface area contributed by atoms with Crippen molar-refractivity contribution in [1.29, 1.82) is 0 Å². The van der Waals surface area contributed by atoms with Crippen LogP contribution < -0.4 is 0 Å². The zero-order valence-corrected chi connectivity index (χ0v) is 10.7. The van der Waals surface area contributed by atoms with Gasteiger partial charge in [-0.25, -0.2) is 4.79 Å². The second-order valence-electron chi connectivity index (χ2n) is 2.73. The van der Waals surface area contributed by atoms with E-state index in [1.807, 2.05) is 11.4 Å². The molecule has 0 saturated heterocycles. The highest BCUT2D eigenvalue weighted by molar-refractivity contribution is 14.1. The van der Waals surface area contributed by atoms with E-state index in [1.165, 1.54) is 0 Å². The molecule has 0 fully saturated rings. The molecule has 0 aliphatic carbocycles. The Morgan fingerprint density at radius 3 is 2.93 bits per heavy atom. The quantitative estimate of drug-likeness (QED) is 0.618. The Labute approximate surface area is 103 Å². The smallest absolute Gasteiger partial charge is 0.336 e. The molecule has 5 heteroatoms. The Hall–Kier alpha value is -0.270. The van der Waals surface area contributed by atoms with Crippen LogP contribution in [0.15, 0.2) is 22.4 Å². The van der Waals surface area contributed by atoms with Gasteiger partial charge in [-0.2, -0.15) is 0 Å².